The smallest absolute Gasteiger partial charge is 0.213 e. The van der Waals surface area contributed by atoms with E-state index in [4.69, 9.17) is 8.83 Å². The number of nitrogens with zero attached hydrogens (tertiary/aromatic N) is 2. The predicted molar refractivity (Wildman–Crippen MR) is 223 cm³/mol. The van der Waals surface area contributed by atoms with Crippen LogP contribution < -0.4 is 4.90 Å². The van der Waals surface area contributed by atoms with Crippen molar-refractivity contribution in [1.82, 2.24) is 4.40 Å². The van der Waals surface area contributed by atoms with Crippen molar-refractivity contribution in [3.8, 4) is 33.4 Å². The van der Waals surface area contributed by atoms with Gasteiger partial charge in [0.15, 0.2) is 5.58 Å². The Balaban J connectivity index is 1.06. The Kier molecular flexibility index (Phi) is 6.82. The maximum Gasteiger partial charge on any atom is 0.213 e. The quantitative estimate of drug-likeness (QED) is 0.174. The first kappa shape index (κ1) is 30.3. The lowest BCUT2D eigenvalue weighted by molar-refractivity contribution is 0.659. The second-order valence-corrected chi connectivity index (χ2v) is 13.7. The topological polar surface area (TPSA) is 33.9 Å². The maximum absolute atomic E-state index is 7.00. The van der Waals surface area contributed by atoms with Crippen LogP contribution in [0.5, 0.6) is 0 Å². The van der Waals surface area contributed by atoms with Crippen molar-refractivity contribution >= 4 is 66.7 Å². The molecule has 11 rings (SSSR count). The monoisotopic (exact) mass is 692 g/mol. The highest BCUT2D eigenvalue weighted by atomic mass is 16.3. The number of oxazole rings is 1. The van der Waals surface area contributed by atoms with Crippen LogP contribution in [0.1, 0.15) is 0 Å². The van der Waals surface area contributed by atoms with Crippen molar-refractivity contribution in [2.75, 3.05) is 4.90 Å². The zero-order chi connectivity index (χ0) is 35.6. The van der Waals surface area contributed by atoms with Crippen molar-refractivity contribution in [2.24, 2.45) is 0 Å². The highest BCUT2D eigenvalue weighted by molar-refractivity contribution is 6.10. The number of rotatable bonds is 6. The van der Waals surface area contributed by atoms with Crippen molar-refractivity contribution < 1.29 is 8.83 Å². The highest BCUT2D eigenvalue weighted by Crippen LogP contribution is 2.44. The number of furan rings is 1. The molecule has 0 aliphatic heterocycles. The van der Waals surface area contributed by atoms with Crippen LogP contribution in [0.2, 0.25) is 0 Å². The van der Waals surface area contributed by atoms with Gasteiger partial charge >= 0.3 is 0 Å². The largest absolute Gasteiger partial charge is 0.456 e. The standard InChI is InChI=1S/C50H32N2O2/c1-4-13-34(14-5-1)48-43-31-35(36-25-29-42-41-19-10-11-22-46(41)53-47(42)32-36)26-30-44(43)52-45-21-12-20-40(49(45)54-50(48)52)33-23-27-39(28-24-33)51(37-15-6-2-7-16-37)38-17-8-3-9-18-38/h1-32H. The SMILES string of the molecule is c1ccc(-c2c3cc(-c4ccc5c(c4)oc4ccccc45)ccc3n3c2oc2c(-c4ccc(N(c5ccccc5)c5ccccc5)cc4)cccc23)cc1. The molecule has 4 nitrogen and oxygen atoms in total. The van der Waals surface area contributed by atoms with E-state index in [9.17, 15) is 0 Å². The van der Waals surface area contributed by atoms with E-state index in [-0.39, 0.29) is 0 Å². The molecular formula is C50H32N2O2. The van der Waals surface area contributed by atoms with E-state index in [2.05, 4.69) is 191 Å². The third-order valence-electron chi connectivity index (χ3n) is 10.6. The molecule has 3 aromatic heterocycles. The molecule has 11 aromatic rings. The van der Waals surface area contributed by atoms with Gasteiger partial charge in [-0.1, -0.05) is 121 Å². The van der Waals surface area contributed by atoms with Crippen molar-refractivity contribution in [3.63, 3.8) is 0 Å². The second-order valence-electron chi connectivity index (χ2n) is 13.7. The molecule has 0 bridgehead atoms. The van der Waals surface area contributed by atoms with E-state index >= 15 is 0 Å². The Morgan fingerprint density at radius 2 is 0.981 bits per heavy atom. The number of benzene rings is 8. The fraction of sp³-hybridized carbons (Fsp3) is 0. The van der Waals surface area contributed by atoms with Gasteiger partial charge in [-0.25, -0.2) is 0 Å². The van der Waals surface area contributed by atoms with Crippen LogP contribution in [0.4, 0.5) is 17.1 Å². The lowest BCUT2D eigenvalue weighted by Crippen LogP contribution is -2.09. The van der Waals surface area contributed by atoms with Gasteiger partial charge < -0.3 is 13.7 Å². The average Bonchev–Trinajstić information content (AvgIpc) is 3.90. The summed E-state index contributed by atoms with van der Waals surface area (Å²) in [6, 6.07) is 68.3. The number of aromatic nitrogens is 1. The third kappa shape index (κ3) is 4.78. The molecule has 0 N–H and O–H groups in total. The molecule has 54 heavy (non-hydrogen) atoms. The summed E-state index contributed by atoms with van der Waals surface area (Å²) >= 11 is 0. The molecule has 0 aliphatic carbocycles. The molecular weight excluding hydrogens is 661 g/mol. The summed E-state index contributed by atoms with van der Waals surface area (Å²) in [6.07, 6.45) is 0. The van der Waals surface area contributed by atoms with Crippen LogP contribution in [0.25, 0.3) is 83.0 Å². The van der Waals surface area contributed by atoms with E-state index in [0.717, 1.165) is 100 Å². The molecule has 0 saturated heterocycles. The Hall–Kier alpha value is -7.30. The van der Waals surface area contributed by atoms with Gasteiger partial charge in [0.05, 0.1) is 16.6 Å². The molecule has 8 aromatic carbocycles. The maximum atomic E-state index is 7.00. The summed E-state index contributed by atoms with van der Waals surface area (Å²) in [5, 5.41) is 3.40. The van der Waals surface area contributed by atoms with Gasteiger partial charge in [-0.3, -0.25) is 4.40 Å². The molecule has 0 aliphatic rings. The minimum absolute atomic E-state index is 0.833. The highest BCUT2D eigenvalue weighted by Gasteiger charge is 2.22. The first-order valence-electron chi connectivity index (χ1n) is 18.3. The van der Waals surface area contributed by atoms with Gasteiger partial charge in [0.2, 0.25) is 5.71 Å². The Morgan fingerprint density at radius 3 is 1.74 bits per heavy atom. The van der Waals surface area contributed by atoms with Crippen LogP contribution in [-0.2, 0) is 0 Å². The summed E-state index contributed by atoms with van der Waals surface area (Å²) in [7, 11) is 0. The Labute approximate surface area is 311 Å². The molecule has 0 radical (unpaired) electrons. The fourth-order valence-electron chi connectivity index (χ4n) is 8.10. The van der Waals surface area contributed by atoms with Gasteiger partial charge in [-0.15, -0.1) is 0 Å². The molecule has 0 unspecified atom stereocenters. The van der Waals surface area contributed by atoms with Gasteiger partial charge in [0.25, 0.3) is 0 Å². The third-order valence-corrected chi connectivity index (χ3v) is 10.6. The normalized spacial score (nSPS) is 11.7. The minimum Gasteiger partial charge on any atom is -0.456 e. The minimum atomic E-state index is 0.833. The Morgan fingerprint density at radius 1 is 0.370 bits per heavy atom. The number of fused-ring (bicyclic) bond motifs is 8. The number of hydrogen-bond acceptors (Lipinski definition) is 3. The molecule has 0 saturated carbocycles. The molecule has 3 heterocycles. The number of hydrogen-bond donors (Lipinski definition) is 0. The lowest BCUT2D eigenvalue weighted by Gasteiger charge is -2.25. The Bertz CT molecular complexity index is 3100. The van der Waals surface area contributed by atoms with Crippen LogP contribution in [0, 0.1) is 0 Å². The molecule has 4 heteroatoms. The lowest BCUT2D eigenvalue weighted by atomic mass is 9.99. The molecule has 254 valence electrons. The second kappa shape index (κ2) is 12.1. The first-order valence-corrected chi connectivity index (χ1v) is 18.3. The van der Waals surface area contributed by atoms with Gasteiger partial charge in [0, 0.05) is 38.8 Å². The number of anilines is 3. The zero-order valence-corrected chi connectivity index (χ0v) is 29.2. The fourth-order valence-corrected chi connectivity index (χ4v) is 8.10. The van der Waals surface area contributed by atoms with E-state index in [1.54, 1.807) is 0 Å². The van der Waals surface area contributed by atoms with Crippen LogP contribution in [-0.4, -0.2) is 4.40 Å². The summed E-state index contributed by atoms with van der Waals surface area (Å²) in [6.45, 7) is 0. The van der Waals surface area contributed by atoms with Crippen molar-refractivity contribution in [2.45, 2.75) is 0 Å². The van der Waals surface area contributed by atoms with Gasteiger partial charge in [-0.05, 0) is 95.1 Å². The first-order chi connectivity index (χ1) is 26.8. The predicted octanol–water partition coefficient (Wildman–Crippen LogP) is 14.2. The van der Waals surface area contributed by atoms with Crippen LogP contribution in [0.15, 0.2) is 203 Å². The summed E-state index contributed by atoms with van der Waals surface area (Å²) in [5.41, 5.74) is 15.5. The molecule has 0 spiro atoms. The van der Waals surface area contributed by atoms with Gasteiger partial charge in [-0.2, -0.15) is 0 Å². The zero-order valence-electron chi connectivity index (χ0n) is 29.2. The summed E-state index contributed by atoms with van der Waals surface area (Å²) < 4.78 is 15.5. The molecule has 0 atom stereocenters. The van der Waals surface area contributed by atoms with E-state index < -0.39 is 0 Å². The number of para-hydroxylation sites is 4. The van der Waals surface area contributed by atoms with E-state index in [0.29, 0.717) is 0 Å². The van der Waals surface area contributed by atoms with E-state index in [1.165, 1.54) is 0 Å². The van der Waals surface area contributed by atoms with Crippen LogP contribution >= 0.6 is 0 Å². The summed E-state index contributed by atoms with van der Waals surface area (Å²) in [5.74, 6) is 0. The van der Waals surface area contributed by atoms with Gasteiger partial charge in [0.1, 0.15) is 11.2 Å². The molecule has 0 fully saturated rings. The summed E-state index contributed by atoms with van der Waals surface area (Å²) in [4.78, 5) is 2.28. The van der Waals surface area contributed by atoms with Crippen molar-refractivity contribution in [3.05, 3.63) is 194 Å². The van der Waals surface area contributed by atoms with Crippen molar-refractivity contribution in [1.29, 1.82) is 0 Å². The average molecular weight is 693 g/mol. The molecule has 0 amide bonds. The van der Waals surface area contributed by atoms with Crippen LogP contribution in [0.3, 0.4) is 0 Å². The van der Waals surface area contributed by atoms with E-state index in [1.807, 2.05) is 12.1 Å².